The van der Waals surface area contributed by atoms with E-state index < -0.39 is 18.1 Å². The average molecular weight is 521 g/mol. The van der Waals surface area contributed by atoms with E-state index in [-0.39, 0.29) is 47.1 Å². The van der Waals surface area contributed by atoms with Crippen LogP contribution in [-0.2, 0) is 23.9 Å². The number of carbonyl (C=O) groups is 2. The van der Waals surface area contributed by atoms with Crippen molar-refractivity contribution in [2.45, 2.75) is 24.8 Å². The summed E-state index contributed by atoms with van der Waals surface area (Å²) in [5, 5.41) is 14.6. The molecule has 197 valence electrons. The fourth-order valence-corrected chi connectivity index (χ4v) is 4.81. The molecule has 2 aromatic rings. The Hall–Kier alpha value is -4.13. The lowest BCUT2D eigenvalue weighted by atomic mass is 9.98. The van der Waals surface area contributed by atoms with Crippen molar-refractivity contribution in [3.05, 3.63) is 59.7 Å². The van der Waals surface area contributed by atoms with Gasteiger partial charge in [-0.25, -0.2) is 14.4 Å². The number of benzene rings is 2. The highest BCUT2D eigenvalue weighted by molar-refractivity contribution is 5.84. The van der Waals surface area contributed by atoms with E-state index in [0.29, 0.717) is 19.4 Å². The summed E-state index contributed by atoms with van der Waals surface area (Å²) in [6.07, 6.45) is 0.170. The molecular formula is C25H28BN5O7+. The van der Waals surface area contributed by atoms with Crippen molar-refractivity contribution in [3.63, 3.8) is 0 Å². The molecule has 5 rings (SSSR count). The van der Waals surface area contributed by atoms with Crippen LogP contribution in [0.3, 0.4) is 0 Å². The largest absolute Gasteiger partial charge is 0.448 e. The molecule has 13 heteroatoms. The predicted octanol–water partition coefficient (Wildman–Crippen LogP) is 2.06. The number of aliphatic imine (C=N–C) groups is 1. The van der Waals surface area contributed by atoms with Gasteiger partial charge in [0.05, 0.1) is 0 Å². The average Bonchev–Trinajstić information content (AvgIpc) is 3.47. The number of rotatable bonds is 8. The van der Waals surface area contributed by atoms with Crippen molar-refractivity contribution in [3.8, 4) is 11.1 Å². The zero-order valence-electron chi connectivity index (χ0n) is 20.9. The van der Waals surface area contributed by atoms with E-state index in [1.807, 2.05) is 36.4 Å². The first kappa shape index (κ1) is 26.9. The molecule has 38 heavy (non-hydrogen) atoms. The van der Waals surface area contributed by atoms with Crippen molar-refractivity contribution < 1.29 is 38.9 Å². The third-order valence-electron chi connectivity index (χ3n) is 6.63. The van der Waals surface area contributed by atoms with E-state index in [1.165, 1.54) is 16.9 Å². The molecule has 1 unspecified atom stereocenters. The summed E-state index contributed by atoms with van der Waals surface area (Å²) in [6, 6.07) is 15.4. The van der Waals surface area contributed by atoms with Gasteiger partial charge in [0.25, 0.3) is 6.73 Å². The highest BCUT2D eigenvalue weighted by Gasteiger charge is 2.39. The molecule has 1 aliphatic carbocycles. The summed E-state index contributed by atoms with van der Waals surface area (Å²) in [5.41, 5.74) is 4.50. The van der Waals surface area contributed by atoms with Gasteiger partial charge in [-0.1, -0.05) is 48.5 Å². The van der Waals surface area contributed by atoms with Gasteiger partial charge in [0.2, 0.25) is 0 Å². The summed E-state index contributed by atoms with van der Waals surface area (Å²) in [6.45, 7) is -0.0223. The van der Waals surface area contributed by atoms with E-state index in [1.54, 1.807) is 0 Å². The van der Waals surface area contributed by atoms with Gasteiger partial charge >= 0.3 is 23.0 Å². The Morgan fingerprint density at radius 3 is 2.53 bits per heavy atom. The Balaban J connectivity index is 0.00000336. The molecule has 3 radical (unpaired) electrons. The van der Waals surface area contributed by atoms with E-state index >= 15 is 0 Å². The Labute approximate surface area is 221 Å². The zero-order chi connectivity index (χ0) is 25.8. The van der Waals surface area contributed by atoms with Gasteiger partial charge in [-0.15, -0.1) is 0 Å². The lowest BCUT2D eigenvalue weighted by Crippen LogP contribution is -2.40. The van der Waals surface area contributed by atoms with Gasteiger partial charge in [-0.2, -0.15) is 9.83 Å². The van der Waals surface area contributed by atoms with Crippen molar-refractivity contribution in [1.29, 1.82) is 0 Å². The Morgan fingerprint density at radius 1 is 1.18 bits per heavy atom. The van der Waals surface area contributed by atoms with Gasteiger partial charge in [0.15, 0.2) is 13.8 Å². The molecule has 1 atom stereocenters. The van der Waals surface area contributed by atoms with Gasteiger partial charge in [-0.3, -0.25) is 4.90 Å². The normalized spacial score (nSPS) is 17.8. The van der Waals surface area contributed by atoms with Gasteiger partial charge in [-0.05, 0) is 35.1 Å². The lowest BCUT2D eigenvalue weighted by molar-refractivity contribution is -1.00. The van der Waals surface area contributed by atoms with Crippen LogP contribution in [0.4, 0.5) is 4.79 Å². The molecule has 0 spiro atoms. The number of carbonyl (C=O) groups excluding carboxylic acids is 2. The van der Waals surface area contributed by atoms with E-state index in [9.17, 15) is 14.7 Å². The maximum absolute atomic E-state index is 13.0. The lowest BCUT2D eigenvalue weighted by Gasteiger charge is -2.23. The molecule has 0 bridgehead atoms. The Morgan fingerprint density at radius 2 is 1.87 bits per heavy atom. The minimum absolute atomic E-state index is 0. The van der Waals surface area contributed by atoms with Gasteiger partial charge < -0.3 is 19.5 Å². The van der Waals surface area contributed by atoms with E-state index in [4.69, 9.17) is 19.1 Å². The maximum atomic E-state index is 13.0. The number of fused-ring (bicyclic) bond motifs is 3. The molecule has 1 amide bonds. The number of esters is 1. The predicted molar refractivity (Wildman–Crippen MR) is 134 cm³/mol. The first-order valence-electron chi connectivity index (χ1n) is 12.0. The second-order valence-corrected chi connectivity index (χ2v) is 8.67. The molecule has 0 aromatic heterocycles. The molecule has 1 N–H and O–H groups in total. The standard InChI is InChI=1S/C25H28N5O7.B/c1-34-30-27-24(26-14-37-30)28(15-31)12-6-11-22-23(32)36-16-29(22)25(33)35-13-21-19-9-4-2-7-17(19)18-8-3-5-10-20(18)21;/h2-5,7-10,21-22,31H,6,11-16H2,1H3;/q+1;. The molecule has 12 nitrogen and oxygen atoms in total. The fourth-order valence-electron chi connectivity index (χ4n) is 4.81. The van der Waals surface area contributed by atoms with Crippen LogP contribution in [0.2, 0.25) is 0 Å². The Kier molecular flexibility index (Phi) is 8.46. The number of hydrogen-bond donors (Lipinski definition) is 1. The first-order chi connectivity index (χ1) is 18.1. The minimum atomic E-state index is -0.778. The van der Waals surface area contributed by atoms with Crippen molar-refractivity contribution in [2.24, 2.45) is 10.1 Å². The van der Waals surface area contributed by atoms with Crippen molar-refractivity contribution in [2.75, 3.05) is 40.5 Å². The van der Waals surface area contributed by atoms with Crippen molar-refractivity contribution >= 4 is 26.4 Å². The summed E-state index contributed by atoms with van der Waals surface area (Å²) in [7, 11) is 1.39. The van der Waals surface area contributed by atoms with Gasteiger partial charge in [0, 0.05) is 20.9 Å². The molecule has 2 heterocycles. The summed E-state index contributed by atoms with van der Waals surface area (Å²) in [4.78, 5) is 42.2. The topological polar surface area (TPSA) is 126 Å². The van der Waals surface area contributed by atoms with Crippen molar-refractivity contribution in [1.82, 2.24) is 9.80 Å². The van der Waals surface area contributed by atoms with Gasteiger partial charge in [0.1, 0.15) is 24.5 Å². The van der Waals surface area contributed by atoms with Crippen LogP contribution in [0.15, 0.2) is 58.6 Å². The molecule has 2 aromatic carbocycles. The number of cyclic esters (lactones) is 1. The molecule has 1 fully saturated rings. The summed E-state index contributed by atoms with van der Waals surface area (Å²) in [5.74, 6) is -0.330. The maximum Gasteiger partial charge on any atom is 0.413 e. The van der Waals surface area contributed by atoms with E-state index in [0.717, 1.165) is 27.3 Å². The number of guanidine groups is 1. The third-order valence-corrected chi connectivity index (χ3v) is 6.63. The highest BCUT2D eigenvalue weighted by Crippen LogP contribution is 2.44. The quantitative estimate of drug-likeness (QED) is 0.318. The molecule has 1 saturated heterocycles. The van der Waals surface area contributed by atoms with Crippen LogP contribution in [0.1, 0.15) is 29.9 Å². The van der Waals surface area contributed by atoms with Crippen LogP contribution in [-0.4, -0.2) is 92.9 Å². The number of ether oxygens (including phenoxy) is 2. The van der Waals surface area contributed by atoms with Crippen LogP contribution in [0.25, 0.3) is 11.1 Å². The van der Waals surface area contributed by atoms with Crippen LogP contribution in [0.5, 0.6) is 0 Å². The molecule has 3 aliphatic rings. The molecule has 0 saturated carbocycles. The van der Waals surface area contributed by atoms with Crippen LogP contribution < -0.4 is 0 Å². The van der Waals surface area contributed by atoms with Crippen LogP contribution in [0, 0.1) is 0 Å². The second-order valence-electron chi connectivity index (χ2n) is 8.67. The zero-order valence-corrected chi connectivity index (χ0v) is 20.9. The number of amides is 1. The SMILES string of the molecule is CO[N+]1=NC(N(CO)CCCC2C(=O)OCN2C(=O)OCC2c3ccccc3-c3ccccc32)=NCO1.[B]. The monoisotopic (exact) mass is 521 g/mol. The number of hydrogen-bond acceptors (Lipinski definition) is 10. The second kappa shape index (κ2) is 11.9. The van der Waals surface area contributed by atoms with Crippen LogP contribution >= 0.6 is 0 Å². The highest BCUT2D eigenvalue weighted by atomic mass is 16.9. The number of aliphatic hydroxyl groups is 1. The first-order valence-corrected chi connectivity index (χ1v) is 12.0. The smallest absolute Gasteiger partial charge is 0.413 e. The molecule has 2 aliphatic heterocycles. The third kappa shape index (κ3) is 5.28. The number of aliphatic hydroxyl groups excluding tert-OH is 1. The van der Waals surface area contributed by atoms with E-state index in [2.05, 4.69) is 22.2 Å². The minimum Gasteiger partial charge on any atom is -0.448 e. The summed E-state index contributed by atoms with van der Waals surface area (Å²) >= 11 is 0. The number of nitrogens with zero attached hydrogens (tertiary/aromatic N) is 5. The Bertz CT molecular complexity index is 1190. The fraction of sp³-hybridized carbons (Fsp3) is 0.400. The molecular weight excluding hydrogens is 493 g/mol. The summed E-state index contributed by atoms with van der Waals surface area (Å²) < 4.78 is 10.9.